The molecule has 2 aliphatic rings. The summed E-state index contributed by atoms with van der Waals surface area (Å²) in [6.45, 7) is 3.74. The Labute approximate surface area is 158 Å². The van der Waals surface area contributed by atoms with E-state index in [-0.39, 0.29) is 23.8 Å². The van der Waals surface area contributed by atoms with Crippen LogP contribution in [-0.2, 0) is 22.6 Å². The average Bonchev–Trinajstić information content (AvgIpc) is 3.05. The van der Waals surface area contributed by atoms with Gasteiger partial charge in [-0.05, 0) is 44.1 Å². The van der Waals surface area contributed by atoms with Gasteiger partial charge < -0.3 is 19.7 Å². The first-order valence-electron chi connectivity index (χ1n) is 9.36. The molecular formula is C21H26O6. The molecule has 1 aromatic carbocycles. The van der Waals surface area contributed by atoms with Crippen LogP contribution in [0, 0.1) is 18.8 Å². The van der Waals surface area contributed by atoms with E-state index in [0.717, 1.165) is 36.8 Å². The van der Waals surface area contributed by atoms with E-state index >= 15 is 0 Å². The van der Waals surface area contributed by atoms with Gasteiger partial charge in [0, 0.05) is 11.1 Å². The lowest BCUT2D eigenvalue weighted by atomic mass is 9.76. The molecule has 6 heteroatoms. The first kappa shape index (κ1) is 19.3. The van der Waals surface area contributed by atoms with Crippen LogP contribution in [0.5, 0.6) is 11.5 Å². The molecule has 0 aromatic heterocycles. The fourth-order valence-electron chi connectivity index (χ4n) is 4.32. The molecule has 1 unspecified atom stereocenters. The van der Waals surface area contributed by atoms with E-state index < -0.39 is 17.9 Å². The highest BCUT2D eigenvalue weighted by Gasteiger charge is 2.33. The predicted molar refractivity (Wildman–Crippen MR) is 99.1 cm³/mol. The molecule has 2 N–H and O–H groups in total. The fraction of sp³-hybridized carbons (Fsp3) is 0.524. The van der Waals surface area contributed by atoms with Crippen LogP contribution in [0.25, 0.3) is 0 Å². The summed E-state index contributed by atoms with van der Waals surface area (Å²) in [5.41, 5.74) is 3.34. The zero-order valence-electron chi connectivity index (χ0n) is 16.0. The molecule has 1 aliphatic heterocycles. The monoisotopic (exact) mass is 374 g/mol. The Bertz CT molecular complexity index is 808. The number of carbonyl (C=O) groups is 2. The van der Waals surface area contributed by atoms with Crippen molar-refractivity contribution in [3.8, 4) is 11.5 Å². The van der Waals surface area contributed by atoms with Crippen molar-refractivity contribution in [2.75, 3.05) is 7.11 Å². The number of hydrogen-bond donors (Lipinski definition) is 2. The molecule has 0 radical (unpaired) electrons. The fourth-order valence-corrected chi connectivity index (χ4v) is 4.32. The maximum absolute atomic E-state index is 12.0. The van der Waals surface area contributed by atoms with Crippen molar-refractivity contribution in [1.82, 2.24) is 0 Å². The van der Waals surface area contributed by atoms with Crippen molar-refractivity contribution >= 4 is 11.9 Å². The number of carbonyl (C=O) groups excluding carboxylic acids is 1. The van der Waals surface area contributed by atoms with Crippen molar-refractivity contribution < 1.29 is 29.3 Å². The standard InChI is InChI=1S/C21H26O6/c1-11-16-10-27-21(25)17(16)18(22)15(19(11)26-3)9-8-13-6-4-5-7-14(13)12(2)20(23)24/h8,12,14,22H,4-7,9-10H2,1-3H3,(H,23,24)/t12-,14?/m0/s1. The van der Waals surface area contributed by atoms with Gasteiger partial charge in [0.25, 0.3) is 0 Å². The molecule has 6 nitrogen and oxygen atoms in total. The number of cyclic esters (lactones) is 1. The third kappa shape index (κ3) is 3.40. The van der Waals surface area contributed by atoms with E-state index in [1.165, 1.54) is 0 Å². The summed E-state index contributed by atoms with van der Waals surface area (Å²) < 4.78 is 10.6. The SMILES string of the molecule is COc1c(C)c2c(c(O)c1CC=C1CCCCC1[C@H](C)C(=O)O)C(=O)OC2. The summed E-state index contributed by atoms with van der Waals surface area (Å²) in [4.78, 5) is 23.5. The summed E-state index contributed by atoms with van der Waals surface area (Å²) >= 11 is 0. The summed E-state index contributed by atoms with van der Waals surface area (Å²) in [5, 5.41) is 20.1. The normalized spacial score (nSPS) is 21.7. The van der Waals surface area contributed by atoms with Crippen LogP contribution in [0.2, 0.25) is 0 Å². The van der Waals surface area contributed by atoms with Crippen molar-refractivity contribution in [3.05, 3.63) is 33.9 Å². The first-order valence-corrected chi connectivity index (χ1v) is 9.36. The Morgan fingerprint density at radius 2 is 2.15 bits per heavy atom. The minimum atomic E-state index is -0.788. The molecule has 1 aliphatic carbocycles. The van der Waals surface area contributed by atoms with Crippen LogP contribution in [0.1, 0.15) is 59.7 Å². The molecule has 1 saturated carbocycles. The summed E-state index contributed by atoms with van der Waals surface area (Å²) in [5.74, 6) is -1.28. The number of hydrogen-bond acceptors (Lipinski definition) is 5. The molecule has 2 atom stereocenters. The zero-order chi connectivity index (χ0) is 19.7. The van der Waals surface area contributed by atoms with Crippen LogP contribution < -0.4 is 4.74 Å². The number of aliphatic carboxylic acids is 1. The second-order valence-electron chi connectivity index (χ2n) is 7.38. The molecule has 0 spiro atoms. The van der Waals surface area contributed by atoms with Gasteiger partial charge in [-0.2, -0.15) is 0 Å². The molecule has 3 rings (SSSR count). The lowest BCUT2D eigenvalue weighted by Crippen LogP contribution is -2.24. The van der Waals surface area contributed by atoms with Gasteiger partial charge in [0.2, 0.25) is 0 Å². The second kappa shape index (κ2) is 7.62. The number of rotatable bonds is 5. The van der Waals surface area contributed by atoms with Crippen molar-refractivity contribution in [1.29, 1.82) is 0 Å². The van der Waals surface area contributed by atoms with Crippen LogP contribution in [-0.4, -0.2) is 29.3 Å². The number of aromatic hydroxyl groups is 1. The number of esters is 1. The smallest absolute Gasteiger partial charge is 0.342 e. The number of carboxylic acids is 1. The van der Waals surface area contributed by atoms with Gasteiger partial charge in [0.15, 0.2) is 0 Å². The van der Waals surface area contributed by atoms with Gasteiger partial charge in [-0.15, -0.1) is 0 Å². The largest absolute Gasteiger partial charge is 0.507 e. The van der Waals surface area contributed by atoms with Crippen LogP contribution in [0.15, 0.2) is 11.6 Å². The Morgan fingerprint density at radius 1 is 1.41 bits per heavy atom. The molecule has 1 fully saturated rings. The third-order valence-corrected chi connectivity index (χ3v) is 5.92. The number of fused-ring (bicyclic) bond motifs is 1. The highest BCUT2D eigenvalue weighted by Crippen LogP contribution is 2.43. The van der Waals surface area contributed by atoms with Crippen LogP contribution in [0.3, 0.4) is 0 Å². The van der Waals surface area contributed by atoms with Gasteiger partial charge in [0.05, 0.1) is 13.0 Å². The Morgan fingerprint density at radius 3 is 2.81 bits per heavy atom. The summed E-state index contributed by atoms with van der Waals surface area (Å²) in [7, 11) is 1.54. The Kier molecular flexibility index (Phi) is 5.44. The van der Waals surface area contributed by atoms with E-state index in [0.29, 0.717) is 23.3 Å². The topological polar surface area (TPSA) is 93.1 Å². The highest BCUT2D eigenvalue weighted by molar-refractivity contribution is 5.98. The summed E-state index contributed by atoms with van der Waals surface area (Å²) in [6, 6.07) is 0. The molecular weight excluding hydrogens is 348 g/mol. The quantitative estimate of drug-likeness (QED) is 0.602. The maximum atomic E-state index is 12.0. The molecule has 0 amide bonds. The third-order valence-electron chi connectivity index (χ3n) is 5.92. The maximum Gasteiger partial charge on any atom is 0.342 e. The molecule has 1 aromatic rings. The molecule has 27 heavy (non-hydrogen) atoms. The zero-order valence-corrected chi connectivity index (χ0v) is 16.0. The van der Waals surface area contributed by atoms with Crippen LogP contribution in [0.4, 0.5) is 0 Å². The minimum absolute atomic E-state index is 0.00452. The number of phenols is 1. The molecule has 146 valence electrons. The van der Waals surface area contributed by atoms with E-state index in [1.54, 1.807) is 14.0 Å². The van der Waals surface area contributed by atoms with E-state index in [1.807, 2.05) is 13.0 Å². The minimum Gasteiger partial charge on any atom is -0.507 e. The summed E-state index contributed by atoms with van der Waals surface area (Å²) in [6.07, 6.45) is 6.17. The van der Waals surface area contributed by atoms with Gasteiger partial charge in [-0.1, -0.05) is 25.0 Å². The van der Waals surface area contributed by atoms with Gasteiger partial charge in [0.1, 0.15) is 23.7 Å². The number of benzene rings is 1. The number of carboxylic acid groups (broad SMARTS) is 1. The lowest BCUT2D eigenvalue weighted by molar-refractivity contribution is -0.142. The van der Waals surface area contributed by atoms with E-state index in [2.05, 4.69) is 0 Å². The predicted octanol–water partition coefficient (Wildman–Crippen LogP) is 3.76. The van der Waals surface area contributed by atoms with E-state index in [9.17, 15) is 19.8 Å². The Hall–Kier alpha value is -2.50. The lowest BCUT2D eigenvalue weighted by Gasteiger charge is -2.28. The number of ether oxygens (including phenoxy) is 2. The van der Waals surface area contributed by atoms with Gasteiger partial charge in [-0.3, -0.25) is 4.79 Å². The van der Waals surface area contributed by atoms with Crippen molar-refractivity contribution in [2.24, 2.45) is 11.8 Å². The molecule has 0 saturated heterocycles. The number of allylic oxidation sites excluding steroid dienone is 2. The second-order valence-corrected chi connectivity index (χ2v) is 7.38. The number of phenolic OH excluding ortho intramolecular Hbond substituents is 1. The molecule has 0 bridgehead atoms. The van der Waals surface area contributed by atoms with Crippen molar-refractivity contribution in [2.45, 2.75) is 52.6 Å². The Balaban J connectivity index is 1.99. The van der Waals surface area contributed by atoms with Gasteiger partial charge in [-0.25, -0.2) is 4.79 Å². The number of methoxy groups -OCH3 is 1. The van der Waals surface area contributed by atoms with E-state index in [4.69, 9.17) is 9.47 Å². The van der Waals surface area contributed by atoms with Crippen LogP contribution >= 0.6 is 0 Å². The van der Waals surface area contributed by atoms with Gasteiger partial charge >= 0.3 is 11.9 Å². The highest BCUT2D eigenvalue weighted by atomic mass is 16.5. The molecule has 1 heterocycles. The van der Waals surface area contributed by atoms with Crippen molar-refractivity contribution in [3.63, 3.8) is 0 Å². The first-order chi connectivity index (χ1) is 12.9. The average molecular weight is 374 g/mol.